The van der Waals surface area contributed by atoms with Gasteiger partial charge in [-0.15, -0.1) is 11.6 Å². The fourth-order valence-corrected chi connectivity index (χ4v) is 4.30. The van der Waals surface area contributed by atoms with E-state index in [1.807, 2.05) is 0 Å². The first-order valence-corrected chi connectivity index (χ1v) is 8.64. The predicted molar refractivity (Wildman–Crippen MR) is 79.6 cm³/mol. The number of amides is 1. The lowest BCUT2D eigenvalue weighted by Crippen LogP contribution is -2.47. The number of carbonyl (C=O) groups is 1. The van der Waals surface area contributed by atoms with Crippen LogP contribution in [0.4, 0.5) is 5.69 Å². The van der Waals surface area contributed by atoms with E-state index in [2.05, 4.69) is 0 Å². The van der Waals surface area contributed by atoms with Crippen LogP contribution in [0.15, 0.2) is 24.3 Å². The van der Waals surface area contributed by atoms with Gasteiger partial charge in [0.05, 0.1) is 30.8 Å². The van der Waals surface area contributed by atoms with Gasteiger partial charge in [0.15, 0.2) is 9.84 Å². The fraction of sp³-hybridized carbons (Fsp3) is 0.462. The second-order valence-corrected chi connectivity index (χ2v) is 7.23. The molecule has 0 aliphatic carbocycles. The van der Waals surface area contributed by atoms with Crippen LogP contribution in [0, 0.1) is 0 Å². The van der Waals surface area contributed by atoms with E-state index in [1.54, 1.807) is 24.3 Å². The molecule has 0 spiro atoms. The summed E-state index contributed by atoms with van der Waals surface area (Å²) in [6.45, 7) is 0. The van der Waals surface area contributed by atoms with E-state index in [1.165, 1.54) is 12.0 Å². The first-order chi connectivity index (χ1) is 9.88. The average molecular weight is 334 g/mol. The zero-order chi connectivity index (χ0) is 15.6. The molecule has 1 amide bonds. The smallest absolute Gasteiger partial charge is 0.242 e. The number of alkyl halides is 1. The number of hydrogen-bond donors (Lipinski definition) is 1. The summed E-state index contributed by atoms with van der Waals surface area (Å²) < 4.78 is 28.4. The minimum absolute atomic E-state index is 0.284. The standard InChI is InChI=1S/C13H16ClNO5S/c1-20-10-4-2-3-9(5-10)15(13(17)6-14)11-7-21(18,19)8-12(11)16/h2-5,11-12,16H,6-8H2,1H3/t11-,12+/m1/s1. The van der Waals surface area contributed by atoms with Crippen LogP contribution < -0.4 is 9.64 Å². The molecule has 116 valence electrons. The van der Waals surface area contributed by atoms with E-state index in [0.29, 0.717) is 11.4 Å². The first kappa shape index (κ1) is 16.1. The SMILES string of the molecule is COc1cccc(N(C(=O)CCl)[C@@H]2CS(=O)(=O)C[C@@H]2O)c1. The molecule has 1 heterocycles. The summed E-state index contributed by atoms with van der Waals surface area (Å²) >= 11 is 5.61. The third-order valence-electron chi connectivity index (χ3n) is 3.34. The Labute approximate surface area is 128 Å². The Hall–Kier alpha value is -1.31. The predicted octanol–water partition coefficient (Wildman–Crippen LogP) is 0.425. The number of benzene rings is 1. The summed E-state index contributed by atoms with van der Waals surface area (Å²) in [7, 11) is -1.89. The highest BCUT2D eigenvalue weighted by Crippen LogP contribution is 2.28. The second kappa shape index (κ2) is 6.21. The maximum absolute atomic E-state index is 12.1. The number of carbonyl (C=O) groups excluding carboxylic acids is 1. The number of rotatable bonds is 4. The van der Waals surface area contributed by atoms with Crippen molar-refractivity contribution >= 4 is 33.0 Å². The lowest BCUT2D eigenvalue weighted by molar-refractivity contribution is -0.117. The molecule has 0 bridgehead atoms. The van der Waals surface area contributed by atoms with Crippen molar-refractivity contribution in [3.8, 4) is 5.75 Å². The van der Waals surface area contributed by atoms with Crippen molar-refractivity contribution in [1.29, 1.82) is 0 Å². The molecule has 1 aromatic rings. The van der Waals surface area contributed by atoms with Gasteiger partial charge in [-0.1, -0.05) is 6.07 Å². The lowest BCUT2D eigenvalue weighted by Gasteiger charge is -2.30. The molecule has 1 aliphatic heterocycles. The van der Waals surface area contributed by atoms with Gasteiger partial charge < -0.3 is 14.7 Å². The van der Waals surface area contributed by atoms with Crippen LogP contribution in [0.3, 0.4) is 0 Å². The maximum atomic E-state index is 12.1. The van der Waals surface area contributed by atoms with Gasteiger partial charge in [0, 0.05) is 11.8 Å². The van der Waals surface area contributed by atoms with Gasteiger partial charge in [0.2, 0.25) is 5.91 Å². The molecule has 1 aromatic carbocycles. The normalized spacial score (nSPS) is 23.8. The molecule has 6 nitrogen and oxygen atoms in total. The number of ether oxygens (including phenoxy) is 1. The second-order valence-electron chi connectivity index (χ2n) is 4.81. The van der Waals surface area contributed by atoms with Gasteiger partial charge >= 0.3 is 0 Å². The Morgan fingerprint density at radius 2 is 2.19 bits per heavy atom. The lowest BCUT2D eigenvalue weighted by atomic mass is 10.1. The monoisotopic (exact) mass is 333 g/mol. The molecule has 0 aromatic heterocycles. The highest BCUT2D eigenvalue weighted by atomic mass is 35.5. The van der Waals surface area contributed by atoms with Crippen molar-refractivity contribution in [3.05, 3.63) is 24.3 Å². The Kier molecular flexibility index (Phi) is 4.75. The van der Waals surface area contributed by atoms with Crippen molar-refractivity contribution in [2.45, 2.75) is 12.1 Å². The van der Waals surface area contributed by atoms with Gasteiger partial charge in [-0.3, -0.25) is 4.79 Å². The molecule has 8 heteroatoms. The highest BCUT2D eigenvalue weighted by Gasteiger charge is 2.42. The average Bonchev–Trinajstić information content (AvgIpc) is 2.72. The van der Waals surface area contributed by atoms with Crippen LogP contribution in [0.25, 0.3) is 0 Å². The number of hydrogen-bond acceptors (Lipinski definition) is 5. The van der Waals surface area contributed by atoms with E-state index in [9.17, 15) is 18.3 Å². The highest BCUT2D eigenvalue weighted by molar-refractivity contribution is 7.91. The molecule has 0 saturated carbocycles. The molecule has 2 atom stereocenters. The minimum Gasteiger partial charge on any atom is -0.497 e. The topological polar surface area (TPSA) is 83.9 Å². The zero-order valence-electron chi connectivity index (χ0n) is 11.4. The number of methoxy groups -OCH3 is 1. The van der Waals surface area contributed by atoms with Crippen LogP contribution in [0.2, 0.25) is 0 Å². The summed E-state index contributed by atoms with van der Waals surface area (Å²) in [6, 6.07) is 5.79. The Morgan fingerprint density at radius 1 is 1.48 bits per heavy atom. The number of nitrogens with zero attached hydrogens (tertiary/aromatic N) is 1. The molecule has 0 unspecified atom stereocenters. The Balaban J connectivity index is 2.41. The van der Waals surface area contributed by atoms with Gasteiger partial charge in [-0.05, 0) is 12.1 Å². The van der Waals surface area contributed by atoms with E-state index in [0.717, 1.165) is 0 Å². The van der Waals surface area contributed by atoms with Crippen molar-refractivity contribution in [2.24, 2.45) is 0 Å². The van der Waals surface area contributed by atoms with E-state index in [4.69, 9.17) is 16.3 Å². The van der Waals surface area contributed by atoms with Crippen molar-refractivity contribution in [3.63, 3.8) is 0 Å². The van der Waals surface area contributed by atoms with Gasteiger partial charge in [0.1, 0.15) is 11.6 Å². The number of aliphatic hydroxyl groups excluding tert-OH is 1. The molecule has 1 N–H and O–H groups in total. The number of aliphatic hydroxyl groups is 1. The number of anilines is 1. The summed E-state index contributed by atoms with van der Waals surface area (Å²) in [5.74, 6) is -0.886. The summed E-state index contributed by atoms with van der Waals surface area (Å²) in [6.07, 6.45) is -1.13. The quantitative estimate of drug-likeness (QED) is 0.808. The summed E-state index contributed by atoms with van der Waals surface area (Å²) in [4.78, 5) is 13.3. The van der Waals surface area contributed by atoms with Crippen LogP contribution in [0.5, 0.6) is 5.75 Å². The van der Waals surface area contributed by atoms with Crippen molar-refractivity contribution in [2.75, 3.05) is 29.4 Å². The van der Waals surface area contributed by atoms with Crippen LogP contribution in [-0.2, 0) is 14.6 Å². The first-order valence-electron chi connectivity index (χ1n) is 6.28. The summed E-state index contributed by atoms with van der Waals surface area (Å²) in [5, 5.41) is 9.98. The largest absolute Gasteiger partial charge is 0.497 e. The molecular formula is C13H16ClNO5S. The molecule has 2 rings (SSSR count). The van der Waals surface area contributed by atoms with Crippen molar-refractivity contribution in [1.82, 2.24) is 0 Å². The third kappa shape index (κ3) is 3.48. The van der Waals surface area contributed by atoms with E-state index < -0.39 is 27.9 Å². The Bertz CT molecular complexity index is 633. The fourth-order valence-electron chi connectivity index (χ4n) is 2.40. The van der Waals surface area contributed by atoms with Crippen LogP contribution >= 0.6 is 11.6 Å². The molecule has 21 heavy (non-hydrogen) atoms. The van der Waals surface area contributed by atoms with Crippen molar-refractivity contribution < 1.29 is 23.1 Å². The molecule has 1 aliphatic rings. The summed E-state index contributed by atoms with van der Waals surface area (Å²) in [5.41, 5.74) is 0.446. The van der Waals surface area contributed by atoms with Crippen LogP contribution in [-0.4, -0.2) is 56.1 Å². The molecule has 0 radical (unpaired) electrons. The van der Waals surface area contributed by atoms with Gasteiger partial charge in [-0.2, -0.15) is 0 Å². The molecule has 1 saturated heterocycles. The van der Waals surface area contributed by atoms with E-state index in [-0.39, 0.29) is 17.4 Å². The maximum Gasteiger partial charge on any atom is 0.242 e. The molecule has 1 fully saturated rings. The third-order valence-corrected chi connectivity index (χ3v) is 5.27. The number of halogens is 1. The molecular weight excluding hydrogens is 318 g/mol. The Morgan fingerprint density at radius 3 is 2.71 bits per heavy atom. The van der Waals surface area contributed by atoms with Gasteiger partial charge in [0.25, 0.3) is 0 Å². The minimum atomic E-state index is -3.37. The van der Waals surface area contributed by atoms with E-state index >= 15 is 0 Å². The zero-order valence-corrected chi connectivity index (χ0v) is 13.0. The van der Waals surface area contributed by atoms with Gasteiger partial charge in [-0.25, -0.2) is 8.42 Å². The number of sulfone groups is 1. The van der Waals surface area contributed by atoms with Crippen LogP contribution in [0.1, 0.15) is 0 Å².